The van der Waals surface area contributed by atoms with Gasteiger partial charge in [-0.3, -0.25) is 9.78 Å². The molecule has 1 N–H and O–H groups in total. The number of aromatic nitrogens is 2. The van der Waals surface area contributed by atoms with E-state index >= 15 is 0 Å². The molecule has 0 spiro atoms. The van der Waals surface area contributed by atoms with Crippen LogP contribution in [0.1, 0.15) is 6.42 Å². The summed E-state index contributed by atoms with van der Waals surface area (Å²) >= 11 is 0. The van der Waals surface area contributed by atoms with Crippen LogP contribution in [0.15, 0.2) is 21.9 Å². The molecule has 1 aromatic rings. The highest BCUT2D eigenvalue weighted by atomic mass is 16.2. The average molecular weight is 197 g/mol. The number of hydrogen-bond acceptors (Lipinski definition) is 3. The van der Waals surface area contributed by atoms with Crippen LogP contribution in [0.4, 0.5) is 0 Å². The zero-order valence-electron chi connectivity index (χ0n) is 8.49. The van der Waals surface area contributed by atoms with Gasteiger partial charge in [0.25, 0.3) is 5.56 Å². The van der Waals surface area contributed by atoms with Crippen molar-refractivity contribution in [2.24, 2.45) is 0 Å². The lowest BCUT2D eigenvalue weighted by Gasteiger charge is -2.09. The van der Waals surface area contributed by atoms with Crippen LogP contribution in [0.25, 0.3) is 0 Å². The van der Waals surface area contributed by atoms with Gasteiger partial charge in [0.1, 0.15) is 0 Å². The fourth-order valence-electron chi connectivity index (χ4n) is 1.18. The fraction of sp³-hybridized carbons (Fsp3) is 0.556. The van der Waals surface area contributed by atoms with Crippen molar-refractivity contribution in [1.29, 1.82) is 0 Å². The first kappa shape index (κ1) is 10.7. The normalized spacial score (nSPS) is 10.8. The molecule has 5 heteroatoms. The van der Waals surface area contributed by atoms with Gasteiger partial charge in [-0.25, -0.2) is 4.79 Å². The monoisotopic (exact) mass is 197 g/mol. The standard InChI is InChI=1S/C9H15N3O2/c1-11(2)5-3-6-12-7-4-8(13)10-9(12)14/h4,7H,3,5-6H2,1-2H3,(H,10,13,14). The molecule has 0 radical (unpaired) electrons. The van der Waals surface area contributed by atoms with E-state index in [9.17, 15) is 9.59 Å². The van der Waals surface area contributed by atoms with Crippen molar-refractivity contribution in [1.82, 2.24) is 14.5 Å². The third kappa shape index (κ3) is 3.18. The molecule has 0 atom stereocenters. The van der Waals surface area contributed by atoms with Gasteiger partial charge in [-0.05, 0) is 27.1 Å². The van der Waals surface area contributed by atoms with E-state index in [0.717, 1.165) is 13.0 Å². The van der Waals surface area contributed by atoms with Gasteiger partial charge in [0.2, 0.25) is 0 Å². The molecule has 0 saturated carbocycles. The lowest BCUT2D eigenvalue weighted by molar-refractivity contribution is 0.384. The summed E-state index contributed by atoms with van der Waals surface area (Å²) in [6.07, 6.45) is 2.41. The van der Waals surface area contributed by atoms with Crippen molar-refractivity contribution in [2.75, 3.05) is 20.6 Å². The first-order chi connectivity index (χ1) is 6.59. The Bertz CT molecular complexity index is 392. The quantitative estimate of drug-likeness (QED) is 0.707. The summed E-state index contributed by atoms with van der Waals surface area (Å²) in [5.74, 6) is 0. The summed E-state index contributed by atoms with van der Waals surface area (Å²) < 4.78 is 1.50. The van der Waals surface area contributed by atoms with Gasteiger partial charge in [-0.15, -0.1) is 0 Å². The van der Waals surface area contributed by atoms with Crippen molar-refractivity contribution in [3.63, 3.8) is 0 Å². The van der Waals surface area contributed by atoms with Crippen LogP contribution < -0.4 is 11.2 Å². The second-order valence-electron chi connectivity index (χ2n) is 3.46. The van der Waals surface area contributed by atoms with Gasteiger partial charge in [0, 0.05) is 18.8 Å². The van der Waals surface area contributed by atoms with Crippen LogP contribution in [0, 0.1) is 0 Å². The molecule has 0 aromatic carbocycles. The lowest BCUT2D eigenvalue weighted by Crippen LogP contribution is -2.29. The number of hydrogen-bond donors (Lipinski definition) is 1. The van der Waals surface area contributed by atoms with Crippen molar-refractivity contribution in [3.05, 3.63) is 33.1 Å². The molecular formula is C9H15N3O2. The second kappa shape index (κ2) is 4.76. The van der Waals surface area contributed by atoms with E-state index in [-0.39, 0.29) is 11.2 Å². The number of nitrogens with zero attached hydrogens (tertiary/aromatic N) is 2. The first-order valence-electron chi connectivity index (χ1n) is 4.54. The van der Waals surface area contributed by atoms with E-state index in [2.05, 4.69) is 9.88 Å². The number of rotatable bonds is 4. The van der Waals surface area contributed by atoms with Crippen LogP contribution >= 0.6 is 0 Å². The second-order valence-corrected chi connectivity index (χ2v) is 3.46. The highest BCUT2D eigenvalue weighted by Crippen LogP contribution is 1.86. The predicted molar refractivity (Wildman–Crippen MR) is 54.5 cm³/mol. The maximum atomic E-state index is 11.2. The molecule has 0 aliphatic rings. The maximum absolute atomic E-state index is 11.2. The van der Waals surface area contributed by atoms with E-state index in [1.54, 1.807) is 0 Å². The molecule has 78 valence electrons. The zero-order valence-corrected chi connectivity index (χ0v) is 8.49. The van der Waals surface area contributed by atoms with Gasteiger partial charge in [-0.2, -0.15) is 0 Å². The predicted octanol–water partition coefficient (Wildman–Crippen LogP) is -0.512. The topological polar surface area (TPSA) is 58.1 Å². The summed E-state index contributed by atoms with van der Waals surface area (Å²) in [6, 6.07) is 1.36. The first-order valence-corrected chi connectivity index (χ1v) is 4.54. The number of H-pyrrole nitrogens is 1. The van der Waals surface area contributed by atoms with Crippen LogP contribution in [-0.4, -0.2) is 35.1 Å². The third-order valence-electron chi connectivity index (χ3n) is 1.90. The van der Waals surface area contributed by atoms with Crippen molar-refractivity contribution in [3.8, 4) is 0 Å². The maximum Gasteiger partial charge on any atom is 0.328 e. The summed E-state index contributed by atoms with van der Waals surface area (Å²) in [7, 11) is 3.96. The Morgan fingerprint density at radius 2 is 2.14 bits per heavy atom. The van der Waals surface area contributed by atoms with Crippen LogP contribution in [0.5, 0.6) is 0 Å². The van der Waals surface area contributed by atoms with Crippen molar-refractivity contribution in [2.45, 2.75) is 13.0 Å². The van der Waals surface area contributed by atoms with Crippen LogP contribution in [-0.2, 0) is 6.54 Å². The molecule has 0 saturated heterocycles. The number of aromatic amines is 1. The highest BCUT2D eigenvalue weighted by Gasteiger charge is 1.96. The van der Waals surface area contributed by atoms with E-state index in [1.807, 2.05) is 14.1 Å². The smallest absolute Gasteiger partial charge is 0.309 e. The van der Waals surface area contributed by atoms with E-state index in [0.29, 0.717) is 6.54 Å². The molecule has 14 heavy (non-hydrogen) atoms. The van der Waals surface area contributed by atoms with Crippen molar-refractivity contribution < 1.29 is 0 Å². The summed E-state index contributed by atoms with van der Waals surface area (Å²) in [5, 5.41) is 0. The Hall–Kier alpha value is -1.36. The summed E-state index contributed by atoms with van der Waals surface area (Å²) in [5.41, 5.74) is -0.685. The van der Waals surface area contributed by atoms with Gasteiger partial charge in [0.05, 0.1) is 0 Å². The molecule has 5 nitrogen and oxygen atoms in total. The Kier molecular flexibility index (Phi) is 3.64. The Morgan fingerprint density at radius 1 is 1.43 bits per heavy atom. The van der Waals surface area contributed by atoms with Gasteiger partial charge >= 0.3 is 5.69 Å². The zero-order chi connectivity index (χ0) is 10.6. The molecule has 0 aliphatic carbocycles. The van der Waals surface area contributed by atoms with Crippen LogP contribution in [0.3, 0.4) is 0 Å². The third-order valence-corrected chi connectivity index (χ3v) is 1.90. The molecule has 1 heterocycles. The Balaban J connectivity index is 2.60. The Labute approximate surface area is 82.0 Å². The lowest BCUT2D eigenvalue weighted by atomic mass is 10.4. The fourth-order valence-corrected chi connectivity index (χ4v) is 1.18. The van der Waals surface area contributed by atoms with Gasteiger partial charge in [0.15, 0.2) is 0 Å². The van der Waals surface area contributed by atoms with E-state index in [1.165, 1.54) is 16.8 Å². The minimum Gasteiger partial charge on any atom is -0.309 e. The minimum absolute atomic E-state index is 0.337. The number of nitrogens with one attached hydrogen (secondary N) is 1. The molecule has 0 aliphatic heterocycles. The molecule has 0 bridgehead atoms. The molecule has 0 fully saturated rings. The molecule has 0 amide bonds. The largest absolute Gasteiger partial charge is 0.328 e. The minimum atomic E-state index is -0.348. The van der Waals surface area contributed by atoms with E-state index < -0.39 is 0 Å². The molecular weight excluding hydrogens is 182 g/mol. The molecule has 1 aromatic heterocycles. The van der Waals surface area contributed by atoms with Crippen molar-refractivity contribution >= 4 is 0 Å². The molecule has 0 unspecified atom stereocenters. The highest BCUT2D eigenvalue weighted by molar-refractivity contribution is 4.82. The average Bonchev–Trinajstić information content (AvgIpc) is 2.08. The summed E-state index contributed by atoms with van der Waals surface area (Å²) in [6.45, 7) is 1.55. The Morgan fingerprint density at radius 3 is 2.71 bits per heavy atom. The van der Waals surface area contributed by atoms with Gasteiger partial charge in [-0.1, -0.05) is 0 Å². The van der Waals surface area contributed by atoms with E-state index in [4.69, 9.17) is 0 Å². The molecule has 1 rings (SSSR count). The van der Waals surface area contributed by atoms with Gasteiger partial charge < -0.3 is 9.47 Å². The van der Waals surface area contributed by atoms with Crippen LogP contribution in [0.2, 0.25) is 0 Å². The number of aryl methyl sites for hydroxylation is 1. The SMILES string of the molecule is CN(C)CCCn1ccc(=O)[nH]c1=O. The summed E-state index contributed by atoms with van der Waals surface area (Å²) in [4.78, 5) is 26.2.